The van der Waals surface area contributed by atoms with Crippen LogP contribution in [0.2, 0.25) is 0 Å². The van der Waals surface area contributed by atoms with Crippen molar-refractivity contribution in [2.24, 2.45) is 10.2 Å². The lowest BCUT2D eigenvalue weighted by Gasteiger charge is -2.19. The molecule has 2 aromatic carbocycles. The SMILES string of the molecule is CC(=O)NC1=NN(C(C)=O)C(c2cccc(OCCCCCCCCCCCCOc3cccc(C4SC(NC(C)=O)=NN4C(C)=O)c3)c2)S1. The molecule has 0 saturated heterocycles. The quantitative estimate of drug-likeness (QED) is 0.166. The number of carbonyl (C=O) groups is 4. The second-order valence-corrected chi connectivity index (χ2v) is 14.4. The average Bonchev–Trinajstić information content (AvgIpc) is 3.69. The highest BCUT2D eigenvalue weighted by atomic mass is 32.2. The molecule has 0 saturated carbocycles. The van der Waals surface area contributed by atoms with Gasteiger partial charge in [0.25, 0.3) is 0 Å². The molecule has 2 aromatic rings. The topological polar surface area (TPSA) is 142 Å². The van der Waals surface area contributed by atoms with Crippen LogP contribution in [0.4, 0.5) is 0 Å². The fraction of sp³-hybridized carbons (Fsp3) is 0.500. The second-order valence-electron chi connectivity index (χ2n) is 12.2. The Morgan fingerprint density at radius 2 is 0.960 bits per heavy atom. The molecule has 4 rings (SSSR count). The van der Waals surface area contributed by atoms with E-state index in [0.29, 0.717) is 23.5 Å². The molecule has 0 radical (unpaired) electrons. The van der Waals surface area contributed by atoms with Crippen molar-refractivity contribution in [3.8, 4) is 11.5 Å². The predicted molar refractivity (Wildman–Crippen MR) is 198 cm³/mol. The first-order valence-electron chi connectivity index (χ1n) is 17.2. The van der Waals surface area contributed by atoms with Crippen molar-refractivity contribution in [2.45, 2.75) is 103 Å². The molecule has 270 valence electrons. The van der Waals surface area contributed by atoms with Crippen LogP contribution >= 0.6 is 23.5 Å². The number of carbonyl (C=O) groups excluding carboxylic acids is 4. The minimum absolute atomic E-state index is 0.195. The number of ether oxygens (including phenoxy) is 2. The molecule has 0 aromatic heterocycles. The number of hydrogen-bond donors (Lipinski definition) is 2. The maximum atomic E-state index is 12.1. The Balaban J connectivity index is 1.02. The van der Waals surface area contributed by atoms with E-state index in [2.05, 4.69) is 20.8 Å². The van der Waals surface area contributed by atoms with Crippen LogP contribution in [0, 0.1) is 0 Å². The van der Waals surface area contributed by atoms with Gasteiger partial charge in [-0.2, -0.15) is 0 Å². The number of nitrogens with zero attached hydrogens (tertiary/aromatic N) is 4. The maximum absolute atomic E-state index is 12.1. The largest absolute Gasteiger partial charge is 0.494 e. The molecule has 2 atom stereocenters. The summed E-state index contributed by atoms with van der Waals surface area (Å²) in [6.45, 7) is 7.03. The number of benzene rings is 2. The molecule has 0 aliphatic carbocycles. The van der Waals surface area contributed by atoms with Crippen molar-refractivity contribution < 1.29 is 28.7 Å². The van der Waals surface area contributed by atoms with Crippen molar-refractivity contribution >= 4 is 57.5 Å². The highest BCUT2D eigenvalue weighted by molar-refractivity contribution is 8.14. The first-order valence-corrected chi connectivity index (χ1v) is 19.0. The van der Waals surface area contributed by atoms with E-state index in [1.165, 1.54) is 99.8 Å². The summed E-state index contributed by atoms with van der Waals surface area (Å²) in [6.07, 6.45) is 11.5. The van der Waals surface area contributed by atoms with Gasteiger partial charge in [0.2, 0.25) is 23.6 Å². The fourth-order valence-corrected chi connectivity index (χ4v) is 7.73. The molecule has 0 spiro atoms. The summed E-state index contributed by atoms with van der Waals surface area (Å²) in [6, 6.07) is 15.4. The number of amides is 4. The molecule has 12 nitrogen and oxygen atoms in total. The molecule has 2 aliphatic rings. The van der Waals surface area contributed by atoms with Crippen LogP contribution in [0.25, 0.3) is 0 Å². The normalized spacial score (nSPS) is 16.9. The first-order chi connectivity index (χ1) is 24.1. The number of thioether (sulfide) groups is 2. The standard InChI is InChI=1S/C36H48N6O6S2/c1-25(43)37-35-39-41(27(3)45)33(49-35)29-17-15-19-31(23-29)47-21-13-11-9-7-5-6-8-10-12-14-22-48-32-20-16-18-30(24-32)34-42(28(4)46)40-36(50-34)38-26(2)44/h15-20,23-24,33-34H,5-14,21-22H2,1-4H3,(H,37,39,43)(H,38,40,44). The zero-order chi connectivity index (χ0) is 35.9. The molecule has 4 amide bonds. The summed E-state index contributed by atoms with van der Waals surface area (Å²) in [5, 5.41) is 16.7. The third kappa shape index (κ3) is 12.4. The number of nitrogens with one attached hydrogen (secondary N) is 2. The van der Waals surface area contributed by atoms with Gasteiger partial charge in [0.1, 0.15) is 22.2 Å². The highest BCUT2D eigenvalue weighted by Gasteiger charge is 2.33. The lowest BCUT2D eigenvalue weighted by atomic mass is 10.1. The van der Waals surface area contributed by atoms with Gasteiger partial charge in [-0.25, -0.2) is 10.0 Å². The van der Waals surface area contributed by atoms with Gasteiger partial charge in [0.15, 0.2) is 10.3 Å². The lowest BCUT2D eigenvalue weighted by molar-refractivity contribution is -0.130. The van der Waals surface area contributed by atoms with Crippen LogP contribution < -0.4 is 20.1 Å². The minimum atomic E-state index is -0.346. The third-order valence-electron chi connectivity index (χ3n) is 7.86. The van der Waals surface area contributed by atoms with Crippen LogP contribution in [0.3, 0.4) is 0 Å². The van der Waals surface area contributed by atoms with E-state index in [9.17, 15) is 19.2 Å². The summed E-state index contributed by atoms with van der Waals surface area (Å²) in [5.74, 6) is 0.680. The van der Waals surface area contributed by atoms with Crippen molar-refractivity contribution in [2.75, 3.05) is 13.2 Å². The van der Waals surface area contributed by atoms with Crippen LogP contribution in [0.15, 0.2) is 58.7 Å². The Hall–Kier alpha value is -4.04. The molecule has 2 unspecified atom stereocenters. The number of hydrazone groups is 2. The Morgan fingerprint density at radius 1 is 0.600 bits per heavy atom. The van der Waals surface area contributed by atoms with Gasteiger partial charge >= 0.3 is 0 Å². The summed E-state index contributed by atoms with van der Waals surface area (Å²) in [7, 11) is 0. The first kappa shape index (κ1) is 38.8. The number of unbranched alkanes of at least 4 members (excludes halogenated alkanes) is 9. The van der Waals surface area contributed by atoms with Gasteiger partial charge in [-0.15, -0.1) is 10.2 Å². The van der Waals surface area contributed by atoms with Gasteiger partial charge in [-0.05, 0) is 48.2 Å². The smallest absolute Gasteiger partial charge is 0.241 e. The van der Waals surface area contributed by atoms with Crippen LogP contribution in [0.5, 0.6) is 11.5 Å². The van der Waals surface area contributed by atoms with Crippen LogP contribution in [0.1, 0.15) is 114 Å². The molecule has 50 heavy (non-hydrogen) atoms. The van der Waals surface area contributed by atoms with Gasteiger partial charge in [0, 0.05) is 27.7 Å². The number of rotatable bonds is 17. The number of hydrogen-bond acceptors (Lipinski definition) is 10. The summed E-state index contributed by atoms with van der Waals surface area (Å²) < 4.78 is 12.0. The third-order valence-corrected chi connectivity index (χ3v) is 10.1. The molecular weight excluding hydrogens is 677 g/mol. The molecule has 0 fully saturated rings. The summed E-state index contributed by atoms with van der Waals surface area (Å²) >= 11 is 2.66. The molecule has 0 bridgehead atoms. The van der Waals surface area contributed by atoms with Gasteiger partial charge in [-0.1, -0.05) is 99.2 Å². The van der Waals surface area contributed by atoms with E-state index in [1.807, 2.05) is 48.5 Å². The average molecular weight is 725 g/mol. The van der Waals surface area contributed by atoms with Crippen molar-refractivity contribution in [1.29, 1.82) is 0 Å². The monoisotopic (exact) mass is 724 g/mol. The van der Waals surface area contributed by atoms with E-state index in [0.717, 1.165) is 48.3 Å². The van der Waals surface area contributed by atoms with Crippen molar-refractivity contribution in [3.05, 3.63) is 59.7 Å². The van der Waals surface area contributed by atoms with E-state index in [4.69, 9.17) is 9.47 Å². The van der Waals surface area contributed by atoms with Crippen molar-refractivity contribution in [1.82, 2.24) is 20.7 Å². The predicted octanol–water partition coefficient (Wildman–Crippen LogP) is 7.05. The minimum Gasteiger partial charge on any atom is -0.494 e. The highest BCUT2D eigenvalue weighted by Crippen LogP contribution is 2.40. The van der Waals surface area contributed by atoms with Gasteiger partial charge in [-0.3, -0.25) is 19.2 Å². The van der Waals surface area contributed by atoms with Gasteiger partial charge < -0.3 is 20.1 Å². The van der Waals surface area contributed by atoms with Crippen LogP contribution in [-0.2, 0) is 19.2 Å². The summed E-state index contributed by atoms with van der Waals surface area (Å²) in [5.41, 5.74) is 1.78. The zero-order valence-electron chi connectivity index (χ0n) is 29.3. The van der Waals surface area contributed by atoms with Crippen molar-refractivity contribution in [3.63, 3.8) is 0 Å². The lowest BCUT2D eigenvalue weighted by Crippen LogP contribution is -2.25. The Morgan fingerprint density at radius 3 is 1.30 bits per heavy atom. The number of amidine groups is 2. The molecule has 14 heteroatoms. The Kier molecular flexibility index (Phi) is 15.5. The Labute approximate surface area is 303 Å². The van der Waals surface area contributed by atoms with E-state index < -0.39 is 0 Å². The second kappa shape index (κ2) is 20.0. The zero-order valence-corrected chi connectivity index (χ0v) is 30.9. The van der Waals surface area contributed by atoms with Gasteiger partial charge in [0.05, 0.1) is 13.2 Å². The van der Waals surface area contributed by atoms with E-state index >= 15 is 0 Å². The molecule has 2 heterocycles. The van der Waals surface area contributed by atoms with E-state index in [1.54, 1.807) is 0 Å². The summed E-state index contributed by atoms with van der Waals surface area (Å²) in [4.78, 5) is 47.1. The molecule has 2 N–H and O–H groups in total. The molecular formula is C36H48N6O6S2. The van der Waals surface area contributed by atoms with Crippen LogP contribution in [-0.4, -0.2) is 57.2 Å². The fourth-order valence-electron chi connectivity index (χ4n) is 5.47. The molecule has 2 aliphatic heterocycles. The Bertz CT molecular complexity index is 1440. The maximum Gasteiger partial charge on any atom is 0.241 e. The van der Waals surface area contributed by atoms with E-state index in [-0.39, 0.29) is 34.4 Å².